The van der Waals surface area contributed by atoms with Gasteiger partial charge in [-0.3, -0.25) is 0 Å². The maximum Gasteiger partial charge on any atom is 0.122 e. The minimum absolute atomic E-state index is 0.707. The average Bonchev–Trinajstić information content (AvgIpc) is 2.28. The van der Waals surface area contributed by atoms with Crippen LogP contribution in [0.5, 0.6) is 5.75 Å². The van der Waals surface area contributed by atoms with Crippen LogP contribution in [0, 0.1) is 0 Å². The molecule has 0 aromatic heterocycles. The van der Waals surface area contributed by atoms with Gasteiger partial charge in [-0.1, -0.05) is 57.6 Å². The van der Waals surface area contributed by atoms with Crippen molar-refractivity contribution in [1.29, 1.82) is 0 Å². The zero-order valence-corrected chi connectivity index (χ0v) is 12.9. The molecule has 0 bridgehead atoms. The topological polar surface area (TPSA) is 9.23 Å². The minimum Gasteiger partial charge on any atom is -0.496 e. The second-order valence-electron chi connectivity index (χ2n) is 5.80. The highest BCUT2D eigenvalue weighted by atomic mass is 28.3. The fourth-order valence-corrected chi connectivity index (χ4v) is 4.66. The van der Waals surface area contributed by atoms with Crippen molar-refractivity contribution in [2.45, 2.75) is 51.4 Å². The summed E-state index contributed by atoms with van der Waals surface area (Å²) in [5.74, 6) is 1.07. The zero-order chi connectivity index (χ0) is 12.9. The fourth-order valence-electron chi connectivity index (χ4n) is 2.42. The number of benzene rings is 1. The van der Waals surface area contributed by atoms with E-state index in [1.165, 1.54) is 24.8 Å². The largest absolute Gasteiger partial charge is 0.496 e. The van der Waals surface area contributed by atoms with Gasteiger partial charge in [-0.15, -0.1) is 0 Å². The SMILES string of the molecule is CCCCC(c1ccccc1OC)[Si](C)(C)C. The third-order valence-electron chi connectivity index (χ3n) is 3.41. The predicted octanol–water partition coefficient (Wildman–Crippen LogP) is 4.85. The van der Waals surface area contributed by atoms with Crippen LogP contribution in [0.4, 0.5) is 0 Å². The lowest BCUT2D eigenvalue weighted by atomic mass is 10.1. The lowest BCUT2D eigenvalue weighted by Crippen LogP contribution is -2.31. The molecule has 0 fully saturated rings. The van der Waals surface area contributed by atoms with Crippen molar-refractivity contribution in [2.75, 3.05) is 7.11 Å². The molecule has 1 aromatic carbocycles. The summed E-state index contributed by atoms with van der Waals surface area (Å²) in [6.07, 6.45) is 3.88. The summed E-state index contributed by atoms with van der Waals surface area (Å²) in [5.41, 5.74) is 2.13. The molecule has 1 atom stereocenters. The maximum atomic E-state index is 5.52. The van der Waals surface area contributed by atoms with Gasteiger partial charge in [-0.05, 0) is 23.6 Å². The van der Waals surface area contributed by atoms with Gasteiger partial charge in [-0.25, -0.2) is 0 Å². The Morgan fingerprint density at radius 3 is 2.35 bits per heavy atom. The maximum absolute atomic E-state index is 5.52. The lowest BCUT2D eigenvalue weighted by Gasteiger charge is -2.30. The third kappa shape index (κ3) is 3.88. The molecular weight excluding hydrogens is 224 g/mol. The first-order valence-corrected chi connectivity index (χ1v) is 10.2. The first-order chi connectivity index (χ1) is 8.00. The molecule has 0 N–H and O–H groups in total. The van der Waals surface area contributed by atoms with E-state index in [1.54, 1.807) is 7.11 Å². The van der Waals surface area contributed by atoms with E-state index in [-0.39, 0.29) is 0 Å². The Hall–Kier alpha value is -0.763. The monoisotopic (exact) mass is 250 g/mol. The summed E-state index contributed by atoms with van der Waals surface area (Å²) in [5, 5.41) is 0. The Kier molecular flexibility index (Phi) is 5.25. The second-order valence-corrected chi connectivity index (χ2v) is 11.2. The molecule has 1 unspecified atom stereocenters. The van der Waals surface area contributed by atoms with Gasteiger partial charge in [-0.2, -0.15) is 0 Å². The first kappa shape index (κ1) is 14.3. The Labute approximate surface area is 107 Å². The van der Waals surface area contributed by atoms with E-state index in [1.807, 2.05) is 0 Å². The van der Waals surface area contributed by atoms with Gasteiger partial charge in [0, 0.05) is 0 Å². The molecule has 0 radical (unpaired) electrons. The van der Waals surface area contributed by atoms with Crippen LogP contribution >= 0.6 is 0 Å². The fraction of sp³-hybridized carbons (Fsp3) is 0.600. The number of hydrogen-bond acceptors (Lipinski definition) is 1. The van der Waals surface area contributed by atoms with Crippen molar-refractivity contribution in [1.82, 2.24) is 0 Å². The molecular formula is C15H26OSi. The Morgan fingerprint density at radius 1 is 1.18 bits per heavy atom. The van der Waals surface area contributed by atoms with E-state index in [0.29, 0.717) is 5.54 Å². The van der Waals surface area contributed by atoms with Crippen LogP contribution in [0.1, 0.15) is 37.3 Å². The van der Waals surface area contributed by atoms with Crippen LogP contribution in [-0.2, 0) is 0 Å². The van der Waals surface area contributed by atoms with Gasteiger partial charge in [0.2, 0.25) is 0 Å². The van der Waals surface area contributed by atoms with Gasteiger partial charge in [0.1, 0.15) is 5.75 Å². The minimum atomic E-state index is -1.19. The Morgan fingerprint density at radius 2 is 1.82 bits per heavy atom. The van der Waals surface area contributed by atoms with Gasteiger partial charge in [0.15, 0.2) is 0 Å². The number of hydrogen-bond donors (Lipinski definition) is 0. The third-order valence-corrected chi connectivity index (χ3v) is 6.10. The molecule has 96 valence electrons. The standard InChI is InChI=1S/C15H26OSi/c1-6-7-12-15(17(3,4)5)13-10-8-9-11-14(13)16-2/h8-11,15H,6-7,12H2,1-5H3. The Balaban J connectivity index is 3.03. The second kappa shape index (κ2) is 6.25. The quantitative estimate of drug-likeness (QED) is 0.656. The van der Waals surface area contributed by atoms with Crippen molar-refractivity contribution in [3.63, 3.8) is 0 Å². The van der Waals surface area contributed by atoms with Crippen LogP contribution in [0.25, 0.3) is 0 Å². The molecule has 1 nitrogen and oxygen atoms in total. The molecule has 0 saturated carbocycles. The molecule has 0 aliphatic rings. The van der Waals surface area contributed by atoms with Crippen LogP contribution in [0.3, 0.4) is 0 Å². The van der Waals surface area contributed by atoms with Crippen molar-refractivity contribution >= 4 is 8.07 Å². The van der Waals surface area contributed by atoms with Crippen molar-refractivity contribution in [2.24, 2.45) is 0 Å². The summed E-state index contributed by atoms with van der Waals surface area (Å²) >= 11 is 0. The number of ether oxygens (including phenoxy) is 1. The molecule has 17 heavy (non-hydrogen) atoms. The summed E-state index contributed by atoms with van der Waals surface area (Å²) in [7, 11) is 0.585. The molecule has 0 heterocycles. The summed E-state index contributed by atoms with van der Waals surface area (Å²) in [6.45, 7) is 9.64. The zero-order valence-electron chi connectivity index (χ0n) is 11.9. The molecule has 0 amide bonds. The van der Waals surface area contributed by atoms with E-state index in [0.717, 1.165) is 5.75 Å². The number of rotatable bonds is 6. The van der Waals surface area contributed by atoms with Crippen molar-refractivity contribution in [3.05, 3.63) is 29.8 Å². The van der Waals surface area contributed by atoms with E-state index >= 15 is 0 Å². The lowest BCUT2D eigenvalue weighted by molar-refractivity contribution is 0.407. The van der Waals surface area contributed by atoms with Gasteiger partial charge < -0.3 is 4.74 Å². The molecule has 0 aliphatic heterocycles. The van der Waals surface area contributed by atoms with E-state index in [9.17, 15) is 0 Å². The highest BCUT2D eigenvalue weighted by molar-refractivity contribution is 6.77. The van der Waals surface area contributed by atoms with Gasteiger partial charge >= 0.3 is 0 Å². The highest BCUT2D eigenvalue weighted by Gasteiger charge is 2.29. The van der Waals surface area contributed by atoms with Gasteiger partial charge in [0.05, 0.1) is 15.2 Å². The van der Waals surface area contributed by atoms with Crippen molar-refractivity contribution < 1.29 is 4.74 Å². The summed E-state index contributed by atoms with van der Waals surface area (Å²) in [6, 6.07) is 8.53. The number of unbranched alkanes of at least 4 members (excludes halogenated alkanes) is 1. The molecule has 1 aromatic rings. The highest BCUT2D eigenvalue weighted by Crippen LogP contribution is 2.36. The predicted molar refractivity (Wildman–Crippen MR) is 78.6 cm³/mol. The molecule has 2 heteroatoms. The molecule has 0 saturated heterocycles. The first-order valence-electron chi connectivity index (χ1n) is 6.63. The summed E-state index contributed by atoms with van der Waals surface area (Å²) < 4.78 is 5.52. The Bertz CT molecular complexity index is 341. The van der Waals surface area contributed by atoms with Crippen LogP contribution < -0.4 is 4.74 Å². The van der Waals surface area contributed by atoms with Gasteiger partial charge in [0.25, 0.3) is 0 Å². The summed E-state index contributed by atoms with van der Waals surface area (Å²) in [4.78, 5) is 0. The molecule has 0 spiro atoms. The van der Waals surface area contributed by atoms with E-state index in [2.05, 4.69) is 50.8 Å². The van der Waals surface area contributed by atoms with E-state index in [4.69, 9.17) is 4.74 Å². The van der Waals surface area contributed by atoms with Crippen molar-refractivity contribution in [3.8, 4) is 5.75 Å². The van der Waals surface area contributed by atoms with Crippen LogP contribution in [0.2, 0.25) is 19.6 Å². The normalized spacial score (nSPS) is 13.5. The van der Waals surface area contributed by atoms with Crippen LogP contribution in [0.15, 0.2) is 24.3 Å². The average molecular weight is 250 g/mol. The smallest absolute Gasteiger partial charge is 0.122 e. The molecule has 0 aliphatic carbocycles. The number of para-hydroxylation sites is 1. The number of methoxy groups -OCH3 is 1. The van der Waals surface area contributed by atoms with E-state index < -0.39 is 8.07 Å². The molecule has 1 rings (SSSR count). The van der Waals surface area contributed by atoms with Crippen LogP contribution in [-0.4, -0.2) is 15.2 Å².